The van der Waals surface area contributed by atoms with E-state index in [0.717, 1.165) is 12.8 Å². The average molecular weight is 231 g/mol. The van der Waals surface area contributed by atoms with Gasteiger partial charge >= 0.3 is 0 Å². The second-order valence-corrected chi connectivity index (χ2v) is 4.08. The molecule has 3 heteroatoms. The van der Waals surface area contributed by atoms with E-state index in [4.69, 9.17) is 0 Å². The van der Waals surface area contributed by atoms with Crippen LogP contribution in [-0.2, 0) is 4.79 Å². The molecule has 0 saturated heterocycles. The molecule has 3 nitrogen and oxygen atoms in total. The number of carboxylic acid groups (broad SMARTS) is 1. The highest BCUT2D eigenvalue weighted by molar-refractivity contribution is 5.63. The monoisotopic (exact) mass is 231 g/mol. The number of carbonyl (C=O) groups excluding carboxylic acids is 1. The topological polar surface area (TPSA) is 40.1 Å². The van der Waals surface area contributed by atoms with Crippen molar-refractivity contribution in [1.29, 1.82) is 0 Å². The van der Waals surface area contributed by atoms with Gasteiger partial charge in [-0.05, 0) is 40.5 Å². The van der Waals surface area contributed by atoms with Gasteiger partial charge in [0.05, 0.1) is 26.2 Å². The van der Waals surface area contributed by atoms with E-state index < -0.39 is 5.97 Å². The number of unbranched alkanes of at least 4 members (excludes halogenated alkanes) is 1. The molecule has 0 aromatic heterocycles. The Morgan fingerprint density at radius 1 is 0.938 bits per heavy atom. The minimum Gasteiger partial charge on any atom is -0.550 e. The molecule has 0 aliphatic carbocycles. The molecule has 0 radical (unpaired) electrons. The first-order valence-electron chi connectivity index (χ1n) is 6.56. The predicted molar refractivity (Wildman–Crippen MR) is 67.0 cm³/mol. The number of hydrogen-bond acceptors (Lipinski definition) is 2. The zero-order chi connectivity index (χ0) is 13.0. The van der Waals surface area contributed by atoms with Crippen molar-refractivity contribution in [3.8, 4) is 0 Å². The van der Waals surface area contributed by atoms with E-state index in [0.29, 0.717) is 0 Å². The summed E-state index contributed by atoms with van der Waals surface area (Å²) >= 11 is 0. The third kappa shape index (κ3) is 8.72. The molecule has 0 atom stereocenters. The van der Waals surface area contributed by atoms with E-state index in [-0.39, 0.29) is 6.42 Å². The van der Waals surface area contributed by atoms with Crippen molar-refractivity contribution in [1.82, 2.24) is 0 Å². The Bertz CT molecular complexity index is 148. The fourth-order valence-corrected chi connectivity index (χ4v) is 1.66. The van der Waals surface area contributed by atoms with Gasteiger partial charge < -0.3 is 14.4 Å². The Morgan fingerprint density at radius 2 is 1.31 bits per heavy atom. The maximum Gasteiger partial charge on any atom is 0.0757 e. The second-order valence-electron chi connectivity index (χ2n) is 4.08. The van der Waals surface area contributed by atoms with Crippen molar-refractivity contribution in [3.05, 3.63) is 0 Å². The van der Waals surface area contributed by atoms with E-state index in [1.54, 1.807) is 0 Å². The molecule has 0 N–H and O–H groups in total. The highest BCUT2D eigenvalue weighted by Crippen LogP contribution is 2.03. The van der Waals surface area contributed by atoms with Crippen LogP contribution in [0.5, 0.6) is 0 Å². The zero-order valence-corrected chi connectivity index (χ0v) is 11.7. The van der Waals surface area contributed by atoms with Gasteiger partial charge in [0.2, 0.25) is 0 Å². The maximum absolute atomic E-state index is 9.65. The van der Waals surface area contributed by atoms with Gasteiger partial charge in [-0.2, -0.15) is 0 Å². The Labute approximate surface area is 101 Å². The highest BCUT2D eigenvalue weighted by atomic mass is 16.4. The summed E-state index contributed by atoms with van der Waals surface area (Å²) < 4.78 is 1.28. The van der Waals surface area contributed by atoms with Crippen molar-refractivity contribution >= 4 is 5.97 Å². The van der Waals surface area contributed by atoms with Crippen LogP contribution >= 0.6 is 0 Å². The van der Waals surface area contributed by atoms with E-state index in [9.17, 15) is 9.90 Å². The van der Waals surface area contributed by atoms with Crippen LogP contribution in [0.15, 0.2) is 0 Å². The van der Waals surface area contributed by atoms with Crippen LogP contribution in [0.25, 0.3) is 0 Å². The molecule has 0 amide bonds. The third-order valence-electron chi connectivity index (χ3n) is 3.42. The minimum absolute atomic E-state index is 0.205. The number of carboxylic acids is 1. The lowest BCUT2D eigenvalue weighted by molar-refractivity contribution is -0.921. The molecule has 98 valence electrons. The predicted octanol–water partition coefficient (Wildman–Crippen LogP) is 1.81. The van der Waals surface area contributed by atoms with Gasteiger partial charge in [0, 0.05) is 5.97 Å². The van der Waals surface area contributed by atoms with Crippen molar-refractivity contribution in [2.45, 2.75) is 53.9 Å². The Balaban J connectivity index is 0. The molecule has 0 heterocycles. The first kappa shape index (κ1) is 17.8. The minimum atomic E-state index is -0.943. The summed E-state index contributed by atoms with van der Waals surface area (Å²) in [6, 6.07) is 0. The third-order valence-corrected chi connectivity index (χ3v) is 3.42. The summed E-state index contributed by atoms with van der Waals surface area (Å²) in [6.45, 7) is 16.2. The van der Waals surface area contributed by atoms with E-state index in [1.165, 1.54) is 30.7 Å². The second kappa shape index (κ2) is 10.9. The number of carbonyl (C=O) groups is 1. The maximum atomic E-state index is 9.65. The fraction of sp³-hybridized carbons (Fsp3) is 0.923. The lowest BCUT2D eigenvalue weighted by atomic mass is 10.3. The van der Waals surface area contributed by atoms with Gasteiger partial charge in [-0.25, -0.2) is 0 Å². The summed E-state index contributed by atoms with van der Waals surface area (Å²) in [4.78, 5) is 9.65. The molecule has 0 spiro atoms. The van der Waals surface area contributed by atoms with Crippen LogP contribution in [0.1, 0.15) is 53.9 Å². The molecule has 0 aliphatic heterocycles. The Morgan fingerprint density at radius 3 is 1.38 bits per heavy atom. The Kier molecular flexibility index (Phi) is 12.2. The zero-order valence-electron chi connectivity index (χ0n) is 11.7. The van der Waals surface area contributed by atoms with E-state index in [1.807, 2.05) is 6.92 Å². The summed E-state index contributed by atoms with van der Waals surface area (Å²) in [7, 11) is 0. The molecule has 0 rings (SSSR count). The van der Waals surface area contributed by atoms with Crippen LogP contribution in [0.4, 0.5) is 0 Å². The molecule has 0 aromatic rings. The lowest BCUT2D eigenvalue weighted by Crippen LogP contribution is -2.47. The van der Waals surface area contributed by atoms with Crippen molar-refractivity contribution in [3.63, 3.8) is 0 Å². The molecule has 0 bridgehead atoms. The van der Waals surface area contributed by atoms with Crippen molar-refractivity contribution in [2.75, 3.05) is 26.2 Å². The van der Waals surface area contributed by atoms with Gasteiger partial charge in [-0.1, -0.05) is 13.3 Å². The van der Waals surface area contributed by atoms with Crippen LogP contribution in [0, 0.1) is 0 Å². The molecule has 0 saturated carbocycles. The summed E-state index contributed by atoms with van der Waals surface area (Å²) in [5.74, 6) is -0.943. The van der Waals surface area contributed by atoms with Crippen LogP contribution < -0.4 is 5.11 Å². The molecular weight excluding hydrogens is 202 g/mol. The summed E-state index contributed by atoms with van der Waals surface area (Å²) in [6.07, 6.45) is 1.87. The van der Waals surface area contributed by atoms with Crippen molar-refractivity contribution < 1.29 is 14.4 Å². The largest absolute Gasteiger partial charge is 0.550 e. The number of aliphatic carboxylic acids is 1. The number of nitrogens with zero attached hydrogens (tertiary/aromatic N) is 1. The normalized spacial score (nSPS) is 10.6. The smallest absolute Gasteiger partial charge is 0.0757 e. The van der Waals surface area contributed by atoms with E-state index >= 15 is 0 Å². The van der Waals surface area contributed by atoms with Gasteiger partial charge in [0.1, 0.15) is 0 Å². The molecular formula is C13H29NO2. The van der Waals surface area contributed by atoms with Crippen LogP contribution in [-0.4, -0.2) is 36.6 Å². The fourth-order valence-electron chi connectivity index (χ4n) is 1.66. The Hall–Kier alpha value is -0.570. The molecule has 0 fully saturated rings. The van der Waals surface area contributed by atoms with Gasteiger partial charge in [-0.15, -0.1) is 0 Å². The van der Waals surface area contributed by atoms with Gasteiger partial charge in [0.15, 0.2) is 0 Å². The van der Waals surface area contributed by atoms with Crippen molar-refractivity contribution in [2.24, 2.45) is 0 Å². The number of quaternary nitrogens is 1. The average Bonchev–Trinajstić information content (AvgIpc) is 2.31. The van der Waals surface area contributed by atoms with Crippen LogP contribution in [0.2, 0.25) is 0 Å². The van der Waals surface area contributed by atoms with Gasteiger partial charge in [-0.3, -0.25) is 0 Å². The standard InChI is InChI=1S/C8H20N.C5H10O2/c1-5-9(6-2,7-3)8-4;1-2-3-4-5(6)7/h5-8H2,1-4H3;2-4H2,1H3,(H,6,7)/q+1;/p-1. The number of rotatable bonds is 7. The highest BCUT2D eigenvalue weighted by Gasteiger charge is 2.16. The van der Waals surface area contributed by atoms with Crippen LogP contribution in [0.3, 0.4) is 0 Å². The lowest BCUT2D eigenvalue weighted by Gasteiger charge is -2.34. The SMILES string of the molecule is CCCCC(=O)[O-].CC[N+](CC)(CC)CC. The molecule has 0 aromatic carbocycles. The quantitative estimate of drug-likeness (QED) is 0.627. The van der Waals surface area contributed by atoms with Gasteiger partial charge in [0.25, 0.3) is 0 Å². The first-order chi connectivity index (χ1) is 7.51. The molecule has 0 unspecified atom stereocenters. The number of hydrogen-bond donors (Lipinski definition) is 0. The molecule has 0 aliphatic rings. The summed E-state index contributed by atoms with van der Waals surface area (Å²) in [5.41, 5.74) is 0. The van der Waals surface area contributed by atoms with E-state index in [2.05, 4.69) is 27.7 Å². The molecule has 16 heavy (non-hydrogen) atoms. The summed E-state index contributed by atoms with van der Waals surface area (Å²) in [5, 5.41) is 9.65. The first-order valence-corrected chi connectivity index (χ1v) is 6.56.